The van der Waals surface area contributed by atoms with Gasteiger partial charge in [-0.25, -0.2) is 4.98 Å². The van der Waals surface area contributed by atoms with Crippen LogP contribution >= 0.6 is 11.8 Å². The maximum Gasteiger partial charge on any atom is 0.262 e. The molecule has 0 bridgehead atoms. The van der Waals surface area contributed by atoms with Crippen LogP contribution in [0, 0.1) is 0 Å². The van der Waals surface area contributed by atoms with Gasteiger partial charge in [0.15, 0.2) is 5.16 Å². The van der Waals surface area contributed by atoms with E-state index in [1.54, 1.807) is 4.57 Å². The molecule has 0 radical (unpaired) electrons. The third-order valence-corrected chi connectivity index (χ3v) is 5.23. The van der Waals surface area contributed by atoms with E-state index in [1.807, 2.05) is 45.0 Å². The number of benzene rings is 1. The molecule has 1 amide bonds. The van der Waals surface area contributed by atoms with Crippen LogP contribution in [0.25, 0.3) is 10.9 Å². The van der Waals surface area contributed by atoms with Gasteiger partial charge in [0.1, 0.15) is 0 Å². The van der Waals surface area contributed by atoms with Crippen LogP contribution in [-0.4, -0.2) is 26.8 Å². The molecule has 0 saturated heterocycles. The summed E-state index contributed by atoms with van der Waals surface area (Å²) in [6.07, 6.45) is 4.33. The molecule has 1 atom stereocenters. The van der Waals surface area contributed by atoms with E-state index in [-0.39, 0.29) is 22.8 Å². The molecule has 1 heterocycles. The van der Waals surface area contributed by atoms with Crippen LogP contribution in [0.15, 0.2) is 34.2 Å². The second kappa shape index (κ2) is 9.76. The Morgan fingerprint density at radius 1 is 1.19 bits per heavy atom. The number of carbonyl (C=O) groups is 1. The number of amides is 1. The summed E-state index contributed by atoms with van der Waals surface area (Å²) in [6.45, 7) is 8.53. The highest BCUT2D eigenvalue weighted by molar-refractivity contribution is 8.00. The lowest BCUT2D eigenvalue weighted by atomic mass is 10.2. The molecule has 142 valence electrons. The van der Waals surface area contributed by atoms with Crippen molar-refractivity contribution in [2.24, 2.45) is 0 Å². The molecule has 0 spiro atoms. The van der Waals surface area contributed by atoms with E-state index in [1.165, 1.54) is 11.8 Å². The molecule has 6 heteroatoms. The zero-order chi connectivity index (χ0) is 19.1. The molecule has 26 heavy (non-hydrogen) atoms. The lowest BCUT2D eigenvalue weighted by Gasteiger charge is -2.17. The molecule has 1 aromatic heterocycles. The Morgan fingerprint density at radius 3 is 2.62 bits per heavy atom. The summed E-state index contributed by atoms with van der Waals surface area (Å²) in [7, 11) is 0. The van der Waals surface area contributed by atoms with E-state index in [4.69, 9.17) is 0 Å². The Hall–Kier alpha value is -1.82. The van der Waals surface area contributed by atoms with Gasteiger partial charge < -0.3 is 5.32 Å². The van der Waals surface area contributed by atoms with E-state index in [0.29, 0.717) is 22.6 Å². The Balaban J connectivity index is 2.32. The molecule has 0 fully saturated rings. The molecule has 2 aromatic rings. The highest BCUT2D eigenvalue weighted by Crippen LogP contribution is 2.23. The Labute approximate surface area is 159 Å². The topological polar surface area (TPSA) is 64.0 Å². The first kappa shape index (κ1) is 20.5. The van der Waals surface area contributed by atoms with Crippen LogP contribution in [0.1, 0.15) is 53.4 Å². The van der Waals surface area contributed by atoms with Crippen molar-refractivity contribution in [3.8, 4) is 0 Å². The van der Waals surface area contributed by atoms with Gasteiger partial charge in [-0.2, -0.15) is 0 Å². The highest BCUT2D eigenvalue weighted by Gasteiger charge is 2.19. The molecule has 2 rings (SSSR count). The molecule has 1 unspecified atom stereocenters. The summed E-state index contributed by atoms with van der Waals surface area (Å²) < 4.78 is 1.74. The van der Waals surface area contributed by atoms with Gasteiger partial charge in [0.25, 0.3) is 5.56 Å². The van der Waals surface area contributed by atoms with Crippen molar-refractivity contribution in [1.29, 1.82) is 0 Å². The molecular weight excluding hydrogens is 346 g/mol. The standard InChI is InChI=1S/C20H29N3O2S/c1-5-6-7-10-13-23-19(25)16-11-8-9-12-17(16)22-20(23)26-15(4)18(24)21-14(2)3/h8-9,11-12,14-15H,5-7,10,13H2,1-4H3,(H,21,24). The monoisotopic (exact) mass is 375 g/mol. The number of rotatable bonds is 9. The number of nitrogens with zero attached hydrogens (tertiary/aromatic N) is 2. The number of fused-ring (bicyclic) bond motifs is 1. The minimum Gasteiger partial charge on any atom is -0.353 e. The van der Waals surface area contributed by atoms with Crippen molar-refractivity contribution in [1.82, 2.24) is 14.9 Å². The van der Waals surface area contributed by atoms with Gasteiger partial charge in [-0.1, -0.05) is 50.1 Å². The zero-order valence-electron chi connectivity index (χ0n) is 16.1. The third kappa shape index (κ3) is 5.34. The van der Waals surface area contributed by atoms with Crippen LogP contribution in [-0.2, 0) is 11.3 Å². The van der Waals surface area contributed by atoms with Crippen LogP contribution in [0.3, 0.4) is 0 Å². The molecule has 5 nitrogen and oxygen atoms in total. The second-order valence-electron chi connectivity index (χ2n) is 6.85. The maximum absolute atomic E-state index is 13.0. The minimum atomic E-state index is -0.313. The third-order valence-electron chi connectivity index (χ3n) is 4.14. The fourth-order valence-electron chi connectivity index (χ4n) is 2.75. The van der Waals surface area contributed by atoms with Gasteiger partial charge in [0.05, 0.1) is 16.2 Å². The molecule has 0 aliphatic carbocycles. The molecule has 0 aliphatic heterocycles. The van der Waals surface area contributed by atoms with E-state index < -0.39 is 0 Å². The summed E-state index contributed by atoms with van der Waals surface area (Å²) in [5, 5.41) is 3.86. The Morgan fingerprint density at radius 2 is 1.92 bits per heavy atom. The molecule has 1 aromatic carbocycles. The van der Waals surface area contributed by atoms with Gasteiger partial charge >= 0.3 is 0 Å². The number of nitrogens with one attached hydrogen (secondary N) is 1. The average Bonchev–Trinajstić information content (AvgIpc) is 2.60. The lowest BCUT2D eigenvalue weighted by Crippen LogP contribution is -2.36. The van der Waals surface area contributed by atoms with Crippen molar-refractivity contribution in [2.75, 3.05) is 0 Å². The number of hydrogen-bond donors (Lipinski definition) is 1. The fourth-order valence-corrected chi connectivity index (χ4v) is 3.69. The van der Waals surface area contributed by atoms with Gasteiger partial charge in [-0.15, -0.1) is 0 Å². The quantitative estimate of drug-likeness (QED) is 0.409. The smallest absolute Gasteiger partial charge is 0.262 e. The summed E-state index contributed by atoms with van der Waals surface area (Å²) in [4.78, 5) is 29.9. The van der Waals surface area contributed by atoms with E-state index >= 15 is 0 Å². The highest BCUT2D eigenvalue weighted by atomic mass is 32.2. The van der Waals surface area contributed by atoms with Gasteiger partial charge in [0.2, 0.25) is 5.91 Å². The van der Waals surface area contributed by atoms with Crippen molar-refractivity contribution >= 4 is 28.6 Å². The zero-order valence-corrected chi connectivity index (χ0v) is 16.9. The largest absolute Gasteiger partial charge is 0.353 e. The van der Waals surface area contributed by atoms with Gasteiger partial charge in [0, 0.05) is 12.6 Å². The fraction of sp³-hybridized carbons (Fsp3) is 0.550. The normalized spacial score (nSPS) is 12.5. The van der Waals surface area contributed by atoms with Gasteiger partial charge in [-0.3, -0.25) is 14.2 Å². The maximum atomic E-state index is 13.0. The number of aromatic nitrogens is 2. The van der Waals surface area contributed by atoms with Crippen molar-refractivity contribution in [3.63, 3.8) is 0 Å². The lowest BCUT2D eigenvalue weighted by molar-refractivity contribution is -0.120. The van der Waals surface area contributed by atoms with Crippen LogP contribution < -0.4 is 10.9 Å². The first-order valence-electron chi connectivity index (χ1n) is 9.40. The second-order valence-corrected chi connectivity index (χ2v) is 8.16. The predicted octanol–water partition coefficient (Wildman–Crippen LogP) is 3.98. The Kier molecular flexibility index (Phi) is 7.69. The Bertz CT molecular complexity index is 801. The van der Waals surface area contributed by atoms with Crippen LogP contribution in [0.5, 0.6) is 0 Å². The number of thioether (sulfide) groups is 1. The summed E-state index contributed by atoms with van der Waals surface area (Å²) in [5.41, 5.74) is 0.660. The minimum absolute atomic E-state index is 0.0222. The van der Waals surface area contributed by atoms with Gasteiger partial charge in [-0.05, 0) is 39.3 Å². The first-order valence-corrected chi connectivity index (χ1v) is 10.3. The molecule has 1 N–H and O–H groups in total. The summed E-state index contributed by atoms with van der Waals surface area (Å²) >= 11 is 1.35. The predicted molar refractivity (Wildman–Crippen MR) is 109 cm³/mol. The number of carbonyl (C=O) groups excluding carboxylic acids is 1. The molecule has 0 saturated carbocycles. The first-order chi connectivity index (χ1) is 12.4. The summed E-state index contributed by atoms with van der Waals surface area (Å²) in [6, 6.07) is 7.49. The van der Waals surface area contributed by atoms with E-state index in [2.05, 4.69) is 17.2 Å². The summed E-state index contributed by atoms with van der Waals surface area (Å²) in [5.74, 6) is -0.0371. The van der Waals surface area contributed by atoms with Crippen molar-refractivity contribution in [2.45, 2.75) is 76.4 Å². The van der Waals surface area contributed by atoms with E-state index in [9.17, 15) is 9.59 Å². The number of para-hydroxylation sites is 1. The van der Waals surface area contributed by atoms with E-state index in [0.717, 1.165) is 25.7 Å². The van der Waals surface area contributed by atoms with Crippen LogP contribution in [0.4, 0.5) is 0 Å². The SMILES string of the molecule is CCCCCCn1c(SC(C)C(=O)NC(C)C)nc2ccccc2c1=O. The number of hydrogen-bond acceptors (Lipinski definition) is 4. The number of unbranched alkanes of at least 4 members (excludes halogenated alkanes) is 3. The van der Waals surface area contributed by atoms with Crippen LogP contribution in [0.2, 0.25) is 0 Å². The average molecular weight is 376 g/mol. The van der Waals surface area contributed by atoms with Crippen molar-refractivity contribution < 1.29 is 4.79 Å². The van der Waals surface area contributed by atoms with Crippen molar-refractivity contribution in [3.05, 3.63) is 34.6 Å². The molecular formula is C20H29N3O2S. The molecule has 0 aliphatic rings.